The molecule has 23 heavy (non-hydrogen) atoms. The number of nitro groups is 1. The molecule has 2 rings (SSSR count). The molecule has 2 aromatic rings. The average Bonchev–Trinajstić information content (AvgIpc) is 2.89. The number of anilines is 1. The Labute approximate surface area is 138 Å². The minimum absolute atomic E-state index is 0.0577. The Morgan fingerprint density at radius 3 is 2.74 bits per heavy atom. The van der Waals surface area contributed by atoms with E-state index in [4.69, 9.17) is 0 Å². The molecule has 0 spiro atoms. The summed E-state index contributed by atoms with van der Waals surface area (Å²) in [6.07, 6.45) is 2.75. The Morgan fingerprint density at radius 2 is 2.13 bits per heavy atom. The van der Waals surface area contributed by atoms with E-state index in [9.17, 15) is 14.9 Å². The fourth-order valence-corrected chi connectivity index (χ4v) is 3.32. The second kappa shape index (κ2) is 7.32. The van der Waals surface area contributed by atoms with Crippen LogP contribution in [0.2, 0.25) is 0 Å². The summed E-state index contributed by atoms with van der Waals surface area (Å²) in [5.41, 5.74) is 1.62. The molecule has 0 saturated heterocycles. The summed E-state index contributed by atoms with van der Waals surface area (Å²) in [5.74, 6) is -0.370. The molecule has 0 fully saturated rings. The molecule has 7 heteroatoms. The number of carbonyl (C=O) groups excluding carboxylic acids is 1. The molecule has 0 bridgehead atoms. The molecular formula is C16H19N3O3S. The van der Waals surface area contributed by atoms with Gasteiger partial charge in [-0.1, -0.05) is 26.3 Å². The summed E-state index contributed by atoms with van der Waals surface area (Å²) in [5, 5.41) is 14.3. The molecular weight excluding hydrogens is 314 g/mol. The van der Waals surface area contributed by atoms with Gasteiger partial charge in [0.1, 0.15) is 0 Å². The van der Waals surface area contributed by atoms with E-state index in [1.165, 1.54) is 23.5 Å². The van der Waals surface area contributed by atoms with Gasteiger partial charge in [0.15, 0.2) is 5.13 Å². The van der Waals surface area contributed by atoms with Crippen molar-refractivity contribution in [2.45, 2.75) is 40.0 Å². The van der Waals surface area contributed by atoms with Gasteiger partial charge in [-0.25, -0.2) is 4.98 Å². The average molecular weight is 333 g/mol. The number of benzene rings is 1. The first-order chi connectivity index (χ1) is 11.0. The van der Waals surface area contributed by atoms with E-state index in [0.29, 0.717) is 16.3 Å². The van der Waals surface area contributed by atoms with Crippen LogP contribution in [0, 0.1) is 17.0 Å². The Morgan fingerprint density at radius 1 is 1.39 bits per heavy atom. The van der Waals surface area contributed by atoms with Crippen LogP contribution in [-0.2, 0) is 12.8 Å². The molecule has 1 N–H and O–H groups in total. The third-order valence-corrected chi connectivity index (χ3v) is 4.71. The minimum atomic E-state index is -0.482. The first-order valence-electron chi connectivity index (χ1n) is 7.51. The molecule has 1 heterocycles. The van der Waals surface area contributed by atoms with Crippen LogP contribution >= 0.6 is 11.3 Å². The first-order valence-corrected chi connectivity index (χ1v) is 8.33. The third-order valence-electron chi connectivity index (χ3n) is 3.55. The summed E-state index contributed by atoms with van der Waals surface area (Å²) < 4.78 is 0. The van der Waals surface area contributed by atoms with Crippen molar-refractivity contribution in [2.75, 3.05) is 5.32 Å². The number of thiazole rings is 1. The van der Waals surface area contributed by atoms with Crippen LogP contribution in [0.1, 0.15) is 46.8 Å². The molecule has 0 radical (unpaired) electrons. The van der Waals surface area contributed by atoms with Crippen LogP contribution in [0.25, 0.3) is 0 Å². The van der Waals surface area contributed by atoms with Gasteiger partial charge in [-0.2, -0.15) is 0 Å². The summed E-state index contributed by atoms with van der Waals surface area (Å²) in [7, 11) is 0. The number of nitrogens with one attached hydrogen (secondary N) is 1. The monoisotopic (exact) mass is 333 g/mol. The highest BCUT2D eigenvalue weighted by atomic mass is 32.1. The lowest BCUT2D eigenvalue weighted by molar-refractivity contribution is -0.385. The van der Waals surface area contributed by atoms with Crippen molar-refractivity contribution < 1.29 is 9.72 Å². The summed E-state index contributed by atoms with van der Waals surface area (Å²) >= 11 is 1.46. The topological polar surface area (TPSA) is 85.1 Å². The standard InChI is InChI=1S/C16H19N3O3S/c1-4-7-12-14(5-2)23-16(17-12)18-15(20)11-8-6-9-13(10(11)3)19(21)22/h6,8-9H,4-5,7H2,1-3H3,(H,17,18,20). The van der Waals surface area contributed by atoms with Gasteiger partial charge in [-0.05, 0) is 25.8 Å². The number of aromatic nitrogens is 1. The number of aryl methyl sites for hydroxylation is 2. The number of nitrogens with zero attached hydrogens (tertiary/aromatic N) is 2. The fraction of sp³-hybridized carbons (Fsp3) is 0.375. The highest BCUT2D eigenvalue weighted by Gasteiger charge is 2.19. The van der Waals surface area contributed by atoms with Crippen molar-refractivity contribution in [3.05, 3.63) is 50.0 Å². The maximum atomic E-state index is 12.4. The zero-order valence-electron chi connectivity index (χ0n) is 13.4. The largest absolute Gasteiger partial charge is 0.298 e. The van der Waals surface area contributed by atoms with Crippen LogP contribution in [0.5, 0.6) is 0 Å². The quantitative estimate of drug-likeness (QED) is 0.636. The van der Waals surface area contributed by atoms with E-state index in [-0.39, 0.29) is 11.6 Å². The van der Waals surface area contributed by atoms with Gasteiger partial charge in [0.05, 0.1) is 10.6 Å². The Kier molecular flexibility index (Phi) is 5.44. The fourth-order valence-electron chi connectivity index (χ4n) is 2.38. The van der Waals surface area contributed by atoms with Gasteiger partial charge < -0.3 is 0 Å². The summed E-state index contributed by atoms with van der Waals surface area (Å²) in [6.45, 7) is 5.72. The maximum Gasteiger partial charge on any atom is 0.273 e. The van der Waals surface area contributed by atoms with E-state index in [0.717, 1.165) is 29.8 Å². The zero-order chi connectivity index (χ0) is 17.0. The van der Waals surface area contributed by atoms with Gasteiger partial charge >= 0.3 is 0 Å². The summed E-state index contributed by atoms with van der Waals surface area (Å²) in [6, 6.07) is 4.49. The molecule has 0 saturated carbocycles. The second-order valence-electron chi connectivity index (χ2n) is 5.15. The molecule has 1 aromatic heterocycles. The lowest BCUT2D eigenvalue weighted by atomic mass is 10.1. The van der Waals surface area contributed by atoms with E-state index in [2.05, 4.69) is 24.1 Å². The Bertz CT molecular complexity index is 740. The van der Waals surface area contributed by atoms with Crippen LogP contribution in [0.4, 0.5) is 10.8 Å². The van der Waals surface area contributed by atoms with Crippen molar-refractivity contribution in [1.82, 2.24) is 4.98 Å². The van der Waals surface area contributed by atoms with Crippen LogP contribution < -0.4 is 5.32 Å². The molecule has 0 unspecified atom stereocenters. The van der Waals surface area contributed by atoms with Crippen molar-refractivity contribution in [3.8, 4) is 0 Å². The van der Waals surface area contributed by atoms with Gasteiger partial charge in [-0.15, -0.1) is 11.3 Å². The van der Waals surface area contributed by atoms with Crippen molar-refractivity contribution >= 4 is 28.1 Å². The third kappa shape index (κ3) is 3.73. The number of amides is 1. The van der Waals surface area contributed by atoms with E-state index >= 15 is 0 Å². The van der Waals surface area contributed by atoms with E-state index in [1.807, 2.05) is 0 Å². The molecule has 0 aliphatic heterocycles. The SMILES string of the molecule is CCCc1nc(NC(=O)c2cccc([N+](=O)[O-])c2C)sc1CC. The van der Waals surface area contributed by atoms with Crippen molar-refractivity contribution in [3.63, 3.8) is 0 Å². The molecule has 122 valence electrons. The molecule has 0 aliphatic rings. The number of nitro benzene ring substituents is 1. The second-order valence-corrected chi connectivity index (χ2v) is 6.24. The Balaban J connectivity index is 2.26. The van der Waals surface area contributed by atoms with E-state index in [1.54, 1.807) is 13.0 Å². The van der Waals surface area contributed by atoms with Crippen LogP contribution in [-0.4, -0.2) is 15.8 Å². The van der Waals surface area contributed by atoms with E-state index < -0.39 is 4.92 Å². The van der Waals surface area contributed by atoms with Gasteiger partial charge in [0.25, 0.3) is 11.6 Å². The number of carbonyl (C=O) groups is 1. The van der Waals surface area contributed by atoms with Crippen LogP contribution in [0.15, 0.2) is 18.2 Å². The normalized spacial score (nSPS) is 10.6. The molecule has 1 aromatic carbocycles. The summed E-state index contributed by atoms with van der Waals surface area (Å²) in [4.78, 5) is 28.5. The lowest BCUT2D eigenvalue weighted by Gasteiger charge is -2.05. The molecule has 6 nitrogen and oxygen atoms in total. The maximum absolute atomic E-state index is 12.4. The van der Waals surface area contributed by atoms with Gasteiger partial charge in [0, 0.05) is 22.1 Å². The van der Waals surface area contributed by atoms with Crippen molar-refractivity contribution in [2.24, 2.45) is 0 Å². The zero-order valence-corrected chi connectivity index (χ0v) is 14.2. The highest BCUT2D eigenvalue weighted by molar-refractivity contribution is 7.15. The molecule has 0 aliphatic carbocycles. The molecule has 1 amide bonds. The minimum Gasteiger partial charge on any atom is -0.298 e. The smallest absolute Gasteiger partial charge is 0.273 e. The number of hydrogen-bond donors (Lipinski definition) is 1. The van der Waals surface area contributed by atoms with Gasteiger partial charge in [0.2, 0.25) is 0 Å². The Hall–Kier alpha value is -2.28. The number of rotatable bonds is 6. The van der Waals surface area contributed by atoms with Crippen LogP contribution in [0.3, 0.4) is 0 Å². The first kappa shape index (κ1) is 17.1. The molecule has 0 atom stereocenters. The van der Waals surface area contributed by atoms with Gasteiger partial charge in [-0.3, -0.25) is 20.2 Å². The lowest BCUT2D eigenvalue weighted by Crippen LogP contribution is -2.14. The van der Waals surface area contributed by atoms with Crippen molar-refractivity contribution in [1.29, 1.82) is 0 Å². The highest BCUT2D eigenvalue weighted by Crippen LogP contribution is 2.26. The predicted molar refractivity (Wildman–Crippen MR) is 91.3 cm³/mol. The number of hydrogen-bond acceptors (Lipinski definition) is 5. The predicted octanol–water partition coefficient (Wildman–Crippen LogP) is 4.13.